The standard InChI is InChI=1S/C6H8FNS/c7-6-4-9-2-1-5(6)3-8/h5-6H,1-2,4H2/t5-,6+/m0/s1. The molecule has 1 fully saturated rings. The number of nitriles is 1. The molecule has 1 aliphatic heterocycles. The lowest BCUT2D eigenvalue weighted by molar-refractivity contribution is 0.287. The molecule has 1 rings (SSSR count). The van der Waals surface area contributed by atoms with Gasteiger partial charge in [0.25, 0.3) is 0 Å². The first kappa shape index (κ1) is 6.88. The van der Waals surface area contributed by atoms with Crippen LogP contribution in [0, 0.1) is 17.2 Å². The summed E-state index contributed by atoms with van der Waals surface area (Å²) in [6.07, 6.45) is -0.156. The Bertz CT molecular complexity index is 132. The number of nitrogens with zero attached hydrogens (tertiary/aromatic N) is 1. The Balaban J connectivity index is 2.41. The van der Waals surface area contributed by atoms with Gasteiger partial charge in [0.15, 0.2) is 0 Å². The van der Waals surface area contributed by atoms with Crippen molar-refractivity contribution in [1.29, 1.82) is 5.26 Å². The summed E-state index contributed by atoms with van der Waals surface area (Å²) in [6.45, 7) is 0. The Labute approximate surface area is 58.2 Å². The van der Waals surface area contributed by atoms with E-state index in [9.17, 15) is 4.39 Å². The Kier molecular flexibility index (Phi) is 2.35. The van der Waals surface area contributed by atoms with Crippen molar-refractivity contribution in [3.8, 4) is 6.07 Å². The Morgan fingerprint density at radius 1 is 1.67 bits per heavy atom. The second kappa shape index (κ2) is 3.07. The average Bonchev–Trinajstić information content (AvgIpc) is 1.89. The minimum absolute atomic E-state index is 0.328. The molecule has 0 spiro atoms. The van der Waals surface area contributed by atoms with Crippen molar-refractivity contribution in [2.24, 2.45) is 5.92 Å². The van der Waals surface area contributed by atoms with Crippen LogP contribution in [0.3, 0.4) is 0 Å². The Hall–Kier alpha value is -0.230. The first-order valence-electron chi connectivity index (χ1n) is 2.96. The smallest absolute Gasteiger partial charge is 0.125 e. The van der Waals surface area contributed by atoms with E-state index in [1.807, 2.05) is 6.07 Å². The molecule has 3 heteroatoms. The van der Waals surface area contributed by atoms with Crippen LogP contribution in [0.25, 0.3) is 0 Å². The number of alkyl halides is 1. The van der Waals surface area contributed by atoms with Gasteiger partial charge in [-0.2, -0.15) is 17.0 Å². The Morgan fingerprint density at radius 3 is 2.89 bits per heavy atom. The molecule has 50 valence electrons. The molecular weight excluding hydrogens is 137 g/mol. The van der Waals surface area contributed by atoms with Crippen molar-refractivity contribution in [3.05, 3.63) is 0 Å². The maximum Gasteiger partial charge on any atom is 0.125 e. The van der Waals surface area contributed by atoms with Gasteiger partial charge < -0.3 is 0 Å². The number of hydrogen-bond acceptors (Lipinski definition) is 2. The van der Waals surface area contributed by atoms with Crippen LogP contribution in [0.5, 0.6) is 0 Å². The predicted octanol–water partition coefficient (Wildman–Crippen LogP) is 1.60. The van der Waals surface area contributed by atoms with Crippen LogP contribution in [0.4, 0.5) is 4.39 Å². The lowest BCUT2D eigenvalue weighted by Gasteiger charge is -2.18. The molecule has 0 radical (unpaired) electrons. The van der Waals surface area contributed by atoms with Crippen LogP contribution < -0.4 is 0 Å². The fraction of sp³-hybridized carbons (Fsp3) is 0.833. The van der Waals surface area contributed by atoms with E-state index >= 15 is 0 Å². The highest BCUT2D eigenvalue weighted by Gasteiger charge is 2.24. The van der Waals surface area contributed by atoms with E-state index < -0.39 is 6.17 Å². The van der Waals surface area contributed by atoms with Crippen molar-refractivity contribution < 1.29 is 4.39 Å². The predicted molar refractivity (Wildman–Crippen MR) is 35.9 cm³/mol. The third-order valence-electron chi connectivity index (χ3n) is 1.45. The first-order chi connectivity index (χ1) is 4.34. The lowest BCUT2D eigenvalue weighted by Crippen LogP contribution is -2.22. The number of halogens is 1. The SMILES string of the molecule is N#C[C@@H]1CCSC[C@H]1F. The van der Waals surface area contributed by atoms with Gasteiger partial charge in [-0.1, -0.05) is 0 Å². The second-order valence-electron chi connectivity index (χ2n) is 2.12. The second-order valence-corrected chi connectivity index (χ2v) is 3.27. The van der Waals surface area contributed by atoms with E-state index in [0.29, 0.717) is 5.75 Å². The molecule has 0 N–H and O–H groups in total. The summed E-state index contributed by atoms with van der Waals surface area (Å²) < 4.78 is 12.6. The summed E-state index contributed by atoms with van der Waals surface area (Å²) in [5, 5.41) is 8.36. The molecule has 0 aromatic heterocycles. The van der Waals surface area contributed by atoms with Gasteiger partial charge in [-0.15, -0.1) is 0 Å². The zero-order chi connectivity index (χ0) is 6.69. The van der Waals surface area contributed by atoms with E-state index in [-0.39, 0.29) is 5.92 Å². The maximum atomic E-state index is 12.6. The van der Waals surface area contributed by atoms with E-state index in [4.69, 9.17) is 5.26 Å². The van der Waals surface area contributed by atoms with E-state index in [0.717, 1.165) is 12.2 Å². The molecule has 1 saturated heterocycles. The molecular formula is C6H8FNS. The fourth-order valence-corrected chi connectivity index (χ4v) is 1.89. The number of rotatable bonds is 0. The molecule has 0 aliphatic carbocycles. The quantitative estimate of drug-likeness (QED) is 0.517. The van der Waals surface area contributed by atoms with Gasteiger partial charge in [0, 0.05) is 5.75 Å². The zero-order valence-electron chi connectivity index (χ0n) is 5.01. The summed E-state index contributed by atoms with van der Waals surface area (Å²) in [5.41, 5.74) is 0. The molecule has 0 bridgehead atoms. The minimum atomic E-state index is -0.881. The molecule has 0 unspecified atom stereocenters. The molecule has 2 atom stereocenters. The van der Waals surface area contributed by atoms with Crippen LogP contribution >= 0.6 is 11.8 Å². The highest BCUT2D eigenvalue weighted by Crippen LogP contribution is 2.24. The topological polar surface area (TPSA) is 23.8 Å². The normalized spacial score (nSPS) is 35.6. The molecule has 1 nitrogen and oxygen atoms in total. The average molecular weight is 145 g/mol. The molecule has 0 saturated carbocycles. The van der Waals surface area contributed by atoms with Gasteiger partial charge >= 0.3 is 0 Å². The van der Waals surface area contributed by atoms with Crippen molar-refractivity contribution in [3.63, 3.8) is 0 Å². The molecule has 1 aliphatic rings. The summed E-state index contributed by atoms with van der Waals surface area (Å²) >= 11 is 1.60. The third kappa shape index (κ3) is 1.59. The van der Waals surface area contributed by atoms with Gasteiger partial charge in [0.1, 0.15) is 6.17 Å². The van der Waals surface area contributed by atoms with Gasteiger partial charge in [-0.05, 0) is 12.2 Å². The van der Waals surface area contributed by atoms with Crippen LogP contribution in [-0.4, -0.2) is 17.7 Å². The monoisotopic (exact) mass is 145 g/mol. The van der Waals surface area contributed by atoms with Crippen molar-refractivity contribution in [2.45, 2.75) is 12.6 Å². The zero-order valence-corrected chi connectivity index (χ0v) is 5.83. The highest BCUT2D eigenvalue weighted by atomic mass is 32.2. The fourth-order valence-electron chi connectivity index (χ4n) is 0.849. The van der Waals surface area contributed by atoms with Crippen molar-refractivity contribution in [2.75, 3.05) is 11.5 Å². The summed E-state index contributed by atoms with van der Waals surface area (Å²) in [6, 6.07) is 1.97. The van der Waals surface area contributed by atoms with E-state index in [1.54, 1.807) is 11.8 Å². The Morgan fingerprint density at radius 2 is 2.44 bits per heavy atom. The summed E-state index contributed by atoms with van der Waals surface area (Å²) in [4.78, 5) is 0. The van der Waals surface area contributed by atoms with Crippen molar-refractivity contribution in [1.82, 2.24) is 0 Å². The molecule has 9 heavy (non-hydrogen) atoms. The summed E-state index contributed by atoms with van der Waals surface area (Å²) in [5.74, 6) is 1.13. The highest BCUT2D eigenvalue weighted by molar-refractivity contribution is 7.99. The third-order valence-corrected chi connectivity index (χ3v) is 2.53. The molecule has 0 aromatic carbocycles. The van der Waals surface area contributed by atoms with Crippen LogP contribution in [0.15, 0.2) is 0 Å². The lowest BCUT2D eigenvalue weighted by atomic mass is 10.0. The molecule has 0 amide bonds. The first-order valence-corrected chi connectivity index (χ1v) is 4.11. The minimum Gasteiger partial charge on any atom is -0.245 e. The molecule has 0 aromatic rings. The van der Waals surface area contributed by atoms with Crippen LogP contribution in [-0.2, 0) is 0 Å². The van der Waals surface area contributed by atoms with E-state index in [1.165, 1.54) is 0 Å². The van der Waals surface area contributed by atoms with E-state index in [2.05, 4.69) is 0 Å². The number of thioether (sulfide) groups is 1. The van der Waals surface area contributed by atoms with Gasteiger partial charge in [0.05, 0.1) is 12.0 Å². The molecule has 1 heterocycles. The van der Waals surface area contributed by atoms with Crippen LogP contribution in [0.2, 0.25) is 0 Å². The largest absolute Gasteiger partial charge is 0.245 e. The van der Waals surface area contributed by atoms with Gasteiger partial charge in [-0.3, -0.25) is 0 Å². The van der Waals surface area contributed by atoms with Crippen molar-refractivity contribution >= 4 is 11.8 Å². The number of hydrogen-bond donors (Lipinski definition) is 0. The van der Waals surface area contributed by atoms with Gasteiger partial charge in [0.2, 0.25) is 0 Å². The van der Waals surface area contributed by atoms with Gasteiger partial charge in [-0.25, -0.2) is 4.39 Å². The maximum absolute atomic E-state index is 12.6. The summed E-state index contributed by atoms with van der Waals surface area (Å²) in [7, 11) is 0. The van der Waals surface area contributed by atoms with Crippen LogP contribution in [0.1, 0.15) is 6.42 Å².